The molecule has 28 heavy (non-hydrogen) atoms. The Labute approximate surface area is 165 Å². The molecule has 0 bridgehead atoms. The summed E-state index contributed by atoms with van der Waals surface area (Å²) in [5.74, 6) is -0.406. The largest absolute Gasteiger partial charge is 0.348 e. The van der Waals surface area contributed by atoms with Crippen molar-refractivity contribution in [1.29, 1.82) is 0 Å². The molecule has 1 N–H and O–H groups in total. The molecule has 3 rings (SSSR count). The highest BCUT2D eigenvalue weighted by atomic mass is 16.2. The van der Waals surface area contributed by atoms with Crippen LogP contribution >= 0.6 is 0 Å². The first-order valence-electron chi connectivity index (χ1n) is 9.24. The van der Waals surface area contributed by atoms with Gasteiger partial charge in [0.1, 0.15) is 0 Å². The maximum atomic E-state index is 12.8. The van der Waals surface area contributed by atoms with Crippen LogP contribution in [0.1, 0.15) is 37.4 Å². The van der Waals surface area contributed by atoms with Crippen molar-refractivity contribution < 1.29 is 9.59 Å². The summed E-state index contributed by atoms with van der Waals surface area (Å²) in [5, 5.41) is 2.92. The first-order chi connectivity index (χ1) is 13.5. The zero-order valence-corrected chi connectivity index (χ0v) is 16.2. The highest BCUT2D eigenvalue weighted by Gasteiger charge is 2.17. The highest BCUT2D eigenvalue weighted by molar-refractivity contribution is 6.15. The molecule has 4 heteroatoms. The summed E-state index contributed by atoms with van der Waals surface area (Å²) in [6.45, 7) is 1.29. The van der Waals surface area contributed by atoms with Gasteiger partial charge in [0.05, 0.1) is 5.56 Å². The molecule has 0 saturated heterocycles. The Hall–Kier alpha value is -3.24. The number of ketones is 1. The molecule has 1 amide bonds. The van der Waals surface area contributed by atoms with Gasteiger partial charge in [-0.25, -0.2) is 0 Å². The van der Waals surface area contributed by atoms with Crippen LogP contribution in [-0.2, 0) is 13.1 Å². The lowest BCUT2D eigenvalue weighted by atomic mass is 9.98. The second-order valence-electron chi connectivity index (χ2n) is 6.98. The molecule has 3 aromatic carbocycles. The zero-order chi connectivity index (χ0) is 19.9. The van der Waals surface area contributed by atoms with Crippen LogP contribution in [0.3, 0.4) is 0 Å². The third kappa shape index (κ3) is 4.93. The molecule has 0 fully saturated rings. The molecule has 0 aliphatic rings. The maximum Gasteiger partial charge on any atom is 0.252 e. The van der Waals surface area contributed by atoms with Crippen molar-refractivity contribution in [2.24, 2.45) is 0 Å². The first kappa shape index (κ1) is 19.5. The minimum atomic E-state index is -0.253. The third-order valence-corrected chi connectivity index (χ3v) is 4.43. The number of benzene rings is 3. The van der Waals surface area contributed by atoms with Crippen LogP contribution in [0.2, 0.25) is 0 Å². The fourth-order valence-electron chi connectivity index (χ4n) is 3.03. The van der Waals surface area contributed by atoms with E-state index in [2.05, 4.69) is 22.3 Å². The van der Waals surface area contributed by atoms with Crippen molar-refractivity contribution in [2.45, 2.75) is 13.1 Å². The van der Waals surface area contributed by atoms with Crippen molar-refractivity contribution in [2.75, 3.05) is 14.1 Å². The summed E-state index contributed by atoms with van der Waals surface area (Å²) in [6.07, 6.45) is 0. The molecular weight excluding hydrogens is 348 g/mol. The van der Waals surface area contributed by atoms with E-state index in [9.17, 15) is 9.59 Å². The van der Waals surface area contributed by atoms with E-state index in [1.54, 1.807) is 36.4 Å². The average Bonchev–Trinajstić information content (AvgIpc) is 2.72. The van der Waals surface area contributed by atoms with E-state index in [1.807, 2.05) is 44.4 Å². The van der Waals surface area contributed by atoms with E-state index in [1.165, 1.54) is 5.56 Å². The van der Waals surface area contributed by atoms with Crippen LogP contribution in [0.5, 0.6) is 0 Å². The molecule has 0 radical (unpaired) electrons. The van der Waals surface area contributed by atoms with Gasteiger partial charge in [-0.2, -0.15) is 0 Å². The number of carbonyl (C=O) groups excluding carboxylic acids is 2. The van der Waals surface area contributed by atoms with E-state index in [-0.39, 0.29) is 11.7 Å². The number of carbonyl (C=O) groups is 2. The minimum absolute atomic E-state index is 0.153. The predicted molar refractivity (Wildman–Crippen MR) is 111 cm³/mol. The Morgan fingerprint density at radius 3 is 1.96 bits per heavy atom. The van der Waals surface area contributed by atoms with Gasteiger partial charge in [-0.05, 0) is 31.3 Å². The lowest BCUT2D eigenvalue weighted by Gasteiger charge is -2.11. The maximum absolute atomic E-state index is 12.8. The highest BCUT2D eigenvalue weighted by Crippen LogP contribution is 2.15. The standard InChI is InChI=1S/C24H24N2O2/c1-26(2)17-19-14-12-18(13-15-19)16-25-24(28)22-11-7-6-10-21(22)23(27)20-8-4-3-5-9-20/h3-15H,16-17H2,1-2H3,(H,25,28). The van der Waals surface area contributed by atoms with E-state index in [4.69, 9.17) is 0 Å². The number of amides is 1. The summed E-state index contributed by atoms with van der Waals surface area (Å²) in [6, 6.07) is 24.1. The quantitative estimate of drug-likeness (QED) is 0.640. The lowest BCUT2D eigenvalue weighted by molar-refractivity contribution is 0.0939. The molecule has 0 spiro atoms. The van der Waals surface area contributed by atoms with Crippen molar-refractivity contribution in [3.05, 3.63) is 107 Å². The van der Waals surface area contributed by atoms with Crippen LogP contribution in [0.25, 0.3) is 0 Å². The summed E-state index contributed by atoms with van der Waals surface area (Å²) in [5.41, 5.74) is 3.61. The van der Waals surface area contributed by atoms with Crippen LogP contribution in [-0.4, -0.2) is 30.7 Å². The van der Waals surface area contributed by atoms with Gasteiger partial charge in [0.15, 0.2) is 5.78 Å². The Morgan fingerprint density at radius 2 is 1.32 bits per heavy atom. The predicted octanol–water partition coefficient (Wildman–Crippen LogP) is 3.91. The average molecular weight is 372 g/mol. The van der Waals surface area contributed by atoms with E-state index in [0.29, 0.717) is 23.2 Å². The molecule has 0 atom stereocenters. The van der Waals surface area contributed by atoms with Crippen LogP contribution < -0.4 is 5.32 Å². The number of rotatable bonds is 7. The Balaban J connectivity index is 1.70. The van der Waals surface area contributed by atoms with Crippen molar-refractivity contribution in [3.63, 3.8) is 0 Å². The van der Waals surface area contributed by atoms with E-state index in [0.717, 1.165) is 12.1 Å². The van der Waals surface area contributed by atoms with Crippen LogP contribution in [0, 0.1) is 0 Å². The van der Waals surface area contributed by atoms with Crippen molar-refractivity contribution >= 4 is 11.7 Å². The SMILES string of the molecule is CN(C)Cc1ccc(CNC(=O)c2ccccc2C(=O)c2ccccc2)cc1. The second kappa shape index (κ2) is 9.11. The number of hydrogen-bond acceptors (Lipinski definition) is 3. The van der Waals surface area contributed by atoms with Gasteiger partial charge >= 0.3 is 0 Å². The number of nitrogens with one attached hydrogen (secondary N) is 1. The topological polar surface area (TPSA) is 49.4 Å². The summed E-state index contributed by atoms with van der Waals surface area (Å²) < 4.78 is 0. The molecule has 3 aromatic rings. The third-order valence-electron chi connectivity index (χ3n) is 4.43. The fraction of sp³-hybridized carbons (Fsp3) is 0.167. The summed E-state index contributed by atoms with van der Waals surface area (Å²) >= 11 is 0. The molecule has 0 unspecified atom stereocenters. The molecular formula is C24H24N2O2. The molecule has 0 saturated carbocycles. The van der Waals surface area contributed by atoms with Gasteiger partial charge in [-0.1, -0.05) is 72.8 Å². The van der Waals surface area contributed by atoms with Gasteiger partial charge in [0.2, 0.25) is 0 Å². The number of hydrogen-bond donors (Lipinski definition) is 1. The first-order valence-corrected chi connectivity index (χ1v) is 9.24. The Bertz CT molecular complexity index is 948. The van der Waals surface area contributed by atoms with E-state index >= 15 is 0 Å². The fourth-order valence-corrected chi connectivity index (χ4v) is 3.03. The van der Waals surface area contributed by atoms with Gasteiger partial charge in [0, 0.05) is 24.2 Å². The molecule has 142 valence electrons. The van der Waals surface area contributed by atoms with Crippen molar-refractivity contribution in [3.8, 4) is 0 Å². The van der Waals surface area contributed by atoms with Gasteiger partial charge in [0.25, 0.3) is 5.91 Å². The minimum Gasteiger partial charge on any atom is -0.348 e. The summed E-state index contributed by atoms with van der Waals surface area (Å²) in [7, 11) is 4.06. The number of nitrogens with zero attached hydrogens (tertiary/aromatic N) is 1. The monoisotopic (exact) mass is 372 g/mol. The zero-order valence-electron chi connectivity index (χ0n) is 16.2. The summed E-state index contributed by atoms with van der Waals surface area (Å²) in [4.78, 5) is 27.6. The van der Waals surface area contributed by atoms with Crippen molar-refractivity contribution in [1.82, 2.24) is 10.2 Å². The van der Waals surface area contributed by atoms with Gasteiger partial charge in [-0.15, -0.1) is 0 Å². The van der Waals surface area contributed by atoms with E-state index < -0.39 is 0 Å². The smallest absolute Gasteiger partial charge is 0.252 e. The van der Waals surface area contributed by atoms with Crippen LogP contribution in [0.4, 0.5) is 0 Å². The second-order valence-corrected chi connectivity index (χ2v) is 6.98. The van der Waals surface area contributed by atoms with Gasteiger partial charge in [-0.3, -0.25) is 9.59 Å². The van der Waals surface area contributed by atoms with Gasteiger partial charge < -0.3 is 10.2 Å². The Morgan fingerprint density at radius 1 is 0.750 bits per heavy atom. The molecule has 4 nitrogen and oxygen atoms in total. The molecule has 0 heterocycles. The molecule has 0 aliphatic heterocycles. The van der Waals surface area contributed by atoms with Crippen LogP contribution in [0.15, 0.2) is 78.9 Å². The molecule has 0 aromatic heterocycles. The lowest BCUT2D eigenvalue weighted by Crippen LogP contribution is -2.25. The Kier molecular flexibility index (Phi) is 6.35. The normalized spacial score (nSPS) is 10.7. The molecule has 0 aliphatic carbocycles.